The summed E-state index contributed by atoms with van der Waals surface area (Å²) in [5.41, 5.74) is 1.17. The van der Waals surface area contributed by atoms with E-state index in [2.05, 4.69) is 15.6 Å². The Morgan fingerprint density at radius 3 is 2.53 bits per heavy atom. The van der Waals surface area contributed by atoms with Gasteiger partial charge in [0.1, 0.15) is 5.75 Å². The maximum atomic E-state index is 14.2. The lowest BCUT2D eigenvalue weighted by atomic mass is 10.0. The van der Waals surface area contributed by atoms with Gasteiger partial charge in [-0.3, -0.25) is 14.6 Å². The Bertz CT molecular complexity index is 1210. The molecule has 0 unspecified atom stereocenters. The van der Waals surface area contributed by atoms with Gasteiger partial charge in [0.25, 0.3) is 11.8 Å². The molecule has 1 aromatic heterocycles. The monoisotopic (exact) mass is 597 g/mol. The van der Waals surface area contributed by atoms with Crippen LogP contribution in [0.15, 0.2) is 42.7 Å². The summed E-state index contributed by atoms with van der Waals surface area (Å²) in [6, 6.07) is 7.56. The second-order valence-corrected chi connectivity index (χ2v) is 11.7. The predicted molar refractivity (Wildman–Crippen MR) is 165 cm³/mol. The molecule has 11 heteroatoms. The summed E-state index contributed by atoms with van der Waals surface area (Å²) in [7, 11) is 1.73. The lowest BCUT2D eigenvalue weighted by molar-refractivity contribution is -0.0122. The van der Waals surface area contributed by atoms with E-state index >= 15 is 0 Å². The smallest absolute Gasteiger partial charge is 0.317 e. The van der Waals surface area contributed by atoms with Crippen molar-refractivity contribution >= 4 is 23.5 Å². The van der Waals surface area contributed by atoms with Gasteiger partial charge in [-0.05, 0) is 77.3 Å². The van der Waals surface area contributed by atoms with E-state index in [1.54, 1.807) is 54.1 Å². The van der Waals surface area contributed by atoms with Crippen LogP contribution in [0.2, 0.25) is 0 Å². The molecule has 3 rings (SSSR count). The molecule has 11 nitrogen and oxygen atoms in total. The zero-order valence-electron chi connectivity index (χ0n) is 26.2. The molecule has 3 N–H and O–H groups in total. The number of rotatable bonds is 7. The topological polar surface area (TPSA) is 133 Å². The first-order chi connectivity index (χ1) is 20.5. The molecule has 2 aromatic rings. The standard InChI is InChI=1S/C32H47N5O6/c1-21(2)34-32(41)36(6)19-29-22(3)18-37(23(4)20-38)31(40)27-17-26(35-30(39)25-12-14-33-15-13-25)10-11-28(27)43-24(5)9-7-8-16-42-29/h10-15,17,21-24,29,38H,7-9,16,18-20H2,1-6H3,(H,34,41)(H,35,39)/t22-,23+,24-,29-/m0/s1. The maximum Gasteiger partial charge on any atom is 0.317 e. The number of aromatic nitrogens is 1. The predicted octanol–water partition coefficient (Wildman–Crippen LogP) is 4.18. The number of carbonyl (C=O) groups is 3. The molecular formula is C32H47N5O6. The number of aliphatic hydroxyl groups is 1. The van der Waals surface area contributed by atoms with Crippen LogP contribution in [0.3, 0.4) is 0 Å². The summed E-state index contributed by atoms with van der Waals surface area (Å²) in [4.78, 5) is 46.9. The number of nitrogens with one attached hydrogen (secondary N) is 2. The first-order valence-corrected chi connectivity index (χ1v) is 15.1. The highest BCUT2D eigenvalue weighted by molar-refractivity contribution is 6.05. The van der Waals surface area contributed by atoms with Crippen molar-refractivity contribution in [1.29, 1.82) is 0 Å². The number of likely N-dealkylation sites (N-methyl/N-ethyl adjacent to an activating group) is 1. The molecule has 236 valence electrons. The minimum absolute atomic E-state index is 0.000505. The quantitative estimate of drug-likeness (QED) is 0.436. The van der Waals surface area contributed by atoms with Crippen LogP contribution in [-0.2, 0) is 4.74 Å². The van der Waals surface area contributed by atoms with Crippen molar-refractivity contribution in [1.82, 2.24) is 20.1 Å². The molecule has 43 heavy (non-hydrogen) atoms. The molecule has 2 heterocycles. The lowest BCUT2D eigenvalue weighted by Crippen LogP contribution is -2.49. The van der Waals surface area contributed by atoms with Crippen molar-refractivity contribution in [2.45, 2.75) is 78.2 Å². The highest BCUT2D eigenvalue weighted by atomic mass is 16.5. The fraction of sp³-hybridized carbons (Fsp3) is 0.562. The van der Waals surface area contributed by atoms with Crippen molar-refractivity contribution in [3.8, 4) is 5.75 Å². The van der Waals surface area contributed by atoms with Crippen molar-refractivity contribution in [3.63, 3.8) is 0 Å². The third kappa shape index (κ3) is 9.93. The van der Waals surface area contributed by atoms with Crippen molar-refractivity contribution in [2.24, 2.45) is 5.92 Å². The second kappa shape index (κ2) is 16.2. The second-order valence-electron chi connectivity index (χ2n) is 11.7. The minimum Gasteiger partial charge on any atom is -0.490 e. The van der Waals surface area contributed by atoms with E-state index in [9.17, 15) is 19.5 Å². The Morgan fingerprint density at radius 2 is 1.86 bits per heavy atom. The molecule has 0 saturated heterocycles. The van der Waals surface area contributed by atoms with Crippen molar-refractivity contribution in [3.05, 3.63) is 53.9 Å². The Balaban J connectivity index is 1.94. The maximum absolute atomic E-state index is 14.2. The number of amides is 4. The van der Waals surface area contributed by atoms with Gasteiger partial charge in [-0.2, -0.15) is 0 Å². The number of benzene rings is 1. The van der Waals surface area contributed by atoms with Gasteiger partial charge in [0.05, 0.1) is 30.4 Å². The van der Waals surface area contributed by atoms with Gasteiger partial charge < -0.3 is 35.0 Å². The summed E-state index contributed by atoms with van der Waals surface area (Å²) in [6.45, 7) is 10.4. The van der Waals surface area contributed by atoms with Crippen LogP contribution in [0, 0.1) is 5.92 Å². The molecular weight excluding hydrogens is 550 g/mol. The fourth-order valence-corrected chi connectivity index (χ4v) is 4.88. The van der Waals surface area contributed by atoms with Crippen LogP contribution in [0.4, 0.5) is 10.5 Å². The molecule has 1 aromatic carbocycles. The summed E-state index contributed by atoms with van der Waals surface area (Å²) in [5, 5.41) is 15.9. The molecule has 0 spiro atoms. The number of ether oxygens (including phenoxy) is 2. The third-order valence-electron chi connectivity index (χ3n) is 7.46. The van der Waals surface area contributed by atoms with Crippen LogP contribution < -0.4 is 15.4 Å². The van der Waals surface area contributed by atoms with Crippen LogP contribution >= 0.6 is 0 Å². The number of hydrogen-bond acceptors (Lipinski definition) is 7. The number of urea groups is 1. The van der Waals surface area contributed by atoms with Gasteiger partial charge in [0.15, 0.2) is 0 Å². The molecule has 4 amide bonds. The summed E-state index contributed by atoms with van der Waals surface area (Å²) in [5.74, 6) is -0.424. The Kier molecular flexibility index (Phi) is 12.8. The minimum atomic E-state index is -0.509. The molecule has 0 aliphatic carbocycles. The first kappa shape index (κ1) is 33.8. The highest BCUT2D eigenvalue weighted by Gasteiger charge is 2.31. The van der Waals surface area contributed by atoms with Gasteiger partial charge >= 0.3 is 6.03 Å². The van der Waals surface area contributed by atoms with E-state index in [4.69, 9.17) is 9.47 Å². The Labute approximate surface area is 254 Å². The number of pyridine rings is 1. The van der Waals surface area contributed by atoms with Crippen LogP contribution in [0.25, 0.3) is 0 Å². The molecule has 0 fully saturated rings. The number of hydrogen-bond donors (Lipinski definition) is 3. The number of carbonyl (C=O) groups excluding carboxylic acids is 3. The summed E-state index contributed by atoms with van der Waals surface area (Å²) in [6.07, 6.45) is 5.01. The molecule has 1 aliphatic heterocycles. The number of nitrogens with zero attached hydrogens (tertiary/aromatic N) is 3. The van der Waals surface area contributed by atoms with E-state index in [0.29, 0.717) is 30.2 Å². The summed E-state index contributed by atoms with van der Waals surface area (Å²) >= 11 is 0. The van der Waals surface area contributed by atoms with Gasteiger partial charge in [-0.25, -0.2) is 4.79 Å². The Morgan fingerprint density at radius 1 is 1.14 bits per heavy atom. The molecule has 4 atom stereocenters. The zero-order chi connectivity index (χ0) is 31.5. The number of fused-ring (bicyclic) bond motifs is 1. The third-order valence-corrected chi connectivity index (χ3v) is 7.46. The van der Waals surface area contributed by atoms with E-state index in [1.807, 2.05) is 27.7 Å². The van der Waals surface area contributed by atoms with Gasteiger partial charge in [0.2, 0.25) is 0 Å². The average molecular weight is 598 g/mol. The van der Waals surface area contributed by atoms with Gasteiger partial charge in [-0.15, -0.1) is 0 Å². The fourth-order valence-electron chi connectivity index (χ4n) is 4.88. The summed E-state index contributed by atoms with van der Waals surface area (Å²) < 4.78 is 12.6. The molecule has 0 saturated carbocycles. The van der Waals surface area contributed by atoms with E-state index in [-0.39, 0.29) is 60.7 Å². The van der Waals surface area contributed by atoms with Crippen molar-refractivity contribution < 1.29 is 29.0 Å². The number of anilines is 1. The van der Waals surface area contributed by atoms with E-state index in [0.717, 1.165) is 19.3 Å². The Hall–Kier alpha value is -3.70. The lowest BCUT2D eigenvalue weighted by Gasteiger charge is -2.36. The van der Waals surface area contributed by atoms with E-state index in [1.165, 1.54) is 12.4 Å². The first-order valence-electron chi connectivity index (χ1n) is 15.1. The molecule has 0 bridgehead atoms. The molecule has 1 aliphatic rings. The zero-order valence-corrected chi connectivity index (χ0v) is 26.2. The number of aliphatic hydroxyl groups excluding tert-OH is 1. The highest BCUT2D eigenvalue weighted by Crippen LogP contribution is 2.28. The largest absolute Gasteiger partial charge is 0.490 e. The molecule has 0 radical (unpaired) electrons. The van der Waals surface area contributed by atoms with Crippen LogP contribution in [-0.4, -0.2) is 95.4 Å². The normalized spacial score (nSPS) is 20.8. The van der Waals surface area contributed by atoms with Crippen molar-refractivity contribution in [2.75, 3.05) is 38.7 Å². The van der Waals surface area contributed by atoms with Gasteiger partial charge in [0, 0.05) is 62.3 Å². The van der Waals surface area contributed by atoms with Crippen LogP contribution in [0.1, 0.15) is 74.6 Å². The van der Waals surface area contributed by atoms with Gasteiger partial charge in [-0.1, -0.05) is 6.92 Å². The SMILES string of the molecule is CC(C)NC(=O)N(C)C[C@@H]1OCCCC[C@H](C)Oc2ccc(NC(=O)c3ccncc3)cc2C(=O)N([C@H](C)CO)C[C@@H]1C. The van der Waals surface area contributed by atoms with Crippen LogP contribution in [0.5, 0.6) is 5.75 Å². The van der Waals surface area contributed by atoms with E-state index < -0.39 is 6.04 Å². The average Bonchev–Trinajstić information content (AvgIpc) is 2.98.